The van der Waals surface area contributed by atoms with Gasteiger partial charge in [-0.25, -0.2) is 4.39 Å². The zero-order chi connectivity index (χ0) is 23.9. The highest BCUT2D eigenvalue weighted by atomic mass is 19.1. The fraction of sp³-hybridized carbons (Fsp3) is 0.0714. The molecule has 0 spiro atoms. The summed E-state index contributed by atoms with van der Waals surface area (Å²) in [4.78, 5) is 12.9. The molecule has 4 aromatic rings. The van der Waals surface area contributed by atoms with E-state index in [1.165, 1.54) is 12.1 Å². The average Bonchev–Trinajstić information content (AvgIpc) is 2.87. The summed E-state index contributed by atoms with van der Waals surface area (Å²) in [6.07, 6.45) is 1.50. The van der Waals surface area contributed by atoms with Crippen molar-refractivity contribution in [2.45, 2.75) is 6.61 Å². The number of hydrogen-bond donors (Lipinski definition) is 1. The summed E-state index contributed by atoms with van der Waals surface area (Å²) in [5, 5.41) is 14.2. The maximum Gasteiger partial charge on any atom is 0.266 e. The molecule has 0 aromatic heterocycles. The summed E-state index contributed by atoms with van der Waals surface area (Å²) in [6.45, 7) is 0.00574. The number of benzene rings is 4. The number of carbonyl (C=O) groups is 1. The molecule has 0 unspecified atom stereocenters. The van der Waals surface area contributed by atoms with E-state index in [2.05, 4.69) is 5.32 Å². The van der Waals surface area contributed by atoms with Crippen LogP contribution in [-0.4, -0.2) is 13.0 Å². The summed E-state index contributed by atoms with van der Waals surface area (Å²) in [7, 11) is 1.56. The van der Waals surface area contributed by atoms with Gasteiger partial charge in [0.25, 0.3) is 5.91 Å². The highest BCUT2D eigenvalue weighted by Gasteiger charge is 2.14. The molecule has 0 atom stereocenters. The number of nitriles is 1. The van der Waals surface area contributed by atoms with Gasteiger partial charge in [0, 0.05) is 16.8 Å². The lowest BCUT2D eigenvalue weighted by molar-refractivity contribution is -0.112. The number of amides is 1. The predicted molar refractivity (Wildman–Crippen MR) is 130 cm³/mol. The van der Waals surface area contributed by atoms with Gasteiger partial charge in [-0.05, 0) is 53.2 Å². The summed E-state index contributed by atoms with van der Waals surface area (Å²) in [5.74, 6) is 0.172. The second-order valence-corrected chi connectivity index (χ2v) is 7.43. The molecule has 0 fully saturated rings. The number of halogens is 1. The molecule has 0 saturated heterocycles. The highest BCUT2D eigenvalue weighted by molar-refractivity contribution is 6.11. The van der Waals surface area contributed by atoms with Crippen LogP contribution in [0, 0.1) is 17.1 Å². The van der Waals surface area contributed by atoms with Crippen LogP contribution in [0.3, 0.4) is 0 Å². The first-order valence-corrected chi connectivity index (χ1v) is 10.5. The largest absolute Gasteiger partial charge is 0.497 e. The molecule has 6 heteroatoms. The molecule has 0 aliphatic carbocycles. The molecule has 0 heterocycles. The summed E-state index contributed by atoms with van der Waals surface area (Å²) in [5.41, 5.74) is 1.41. The molecular formula is C28H21FN2O3. The number of hydrogen-bond acceptors (Lipinski definition) is 4. The Hall–Kier alpha value is -4.63. The molecule has 4 aromatic carbocycles. The van der Waals surface area contributed by atoms with Crippen molar-refractivity contribution in [1.29, 1.82) is 5.26 Å². The van der Waals surface area contributed by atoms with E-state index in [1.807, 2.05) is 36.4 Å². The average molecular weight is 452 g/mol. The van der Waals surface area contributed by atoms with Crippen molar-refractivity contribution in [2.75, 3.05) is 12.4 Å². The Morgan fingerprint density at radius 1 is 1.00 bits per heavy atom. The van der Waals surface area contributed by atoms with Gasteiger partial charge in [0.05, 0.1) is 7.11 Å². The van der Waals surface area contributed by atoms with Gasteiger partial charge >= 0.3 is 0 Å². The van der Waals surface area contributed by atoms with E-state index in [1.54, 1.807) is 55.6 Å². The Bertz CT molecular complexity index is 1410. The molecule has 0 radical (unpaired) electrons. The number of carbonyl (C=O) groups excluding carboxylic acids is 1. The SMILES string of the molecule is COc1ccc(NC(=O)/C(C#N)=C/c2c(OCc3ccccc3F)ccc3ccccc23)cc1. The number of anilines is 1. The van der Waals surface area contributed by atoms with Crippen LogP contribution < -0.4 is 14.8 Å². The van der Waals surface area contributed by atoms with Gasteiger partial charge < -0.3 is 14.8 Å². The van der Waals surface area contributed by atoms with Gasteiger partial charge in [0.15, 0.2) is 0 Å². The minimum atomic E-state index is -0.555. The molecule has 168 valence electrons. The molecule has 0 aliphatic rings. The Balaban J connectivity index is 1.68. The zero-order valence-corrected chi connectivity index (χ0v) is 18.4. The van der Waals surface area contributed by atoms with Crippen molar-refractivity contribution in [3.8, 4) is 17.6 Å². The predicted octanol–water partition coefficient (Wildman–Crippen LogP) is 6.11. The van der Waals surface area contributed by atoms with E-state index < -0.39 is 5.91 Å². The van der Waals surface area contributed by atoms with Crippen molar-refractivity contribution in [1.82, 2.24) is 0 Å². The van der Waals surface area contributed by atoms with Gasteiger partial charge in [-0.1, -0.05) is 48.5 Å². The van der Waals surface area contributed by atoms with Gasteiger partial charge in [0.2, 0.25) is 0 Å². The topological polar surface area (TPSA) is 71.3 Å². The van der Waals surface area contributed by atoms with Crippen LogP contribution in [0.2, 0.25) is 0 Å². The number of ether oxygens (including phenoxy) is 2. The van der Waals surface area contributed by atoms with Crippen LogP contribution in [0.4, 0.5) is 10.1 Å². The lowest BCUT2D eigenvalue weighted by Crippen LogP contribution is -2.13. The van der Waals surface area contributed by atoms with E-state index >= 15 is 0 Å². The van der Waals surface area contributed by atoms with Crippen LogP contribution in [-0.2, 0) is 11.4 Å². The second kappa shape index (κ2) is 10.3. The van der Waals surface area contributed by atoms with E-state index in [4.69, 9.17) is 9.47 Å². The van der Waals surface area contributed by atoms with E-state index in [0.717, 1.165) is 10.8 Å². The van der Waals surface area contributed by atoms with Gasteiger partial charge in [-0.3, -0.25) is 4.79 Å². The van der Waals surface area contributed by atoms with Crippen LogP contribution >= 0.6 is 0 Å². The number of methoxy groups -OCH3 is 1. The Morgan fingerprint density at radius 3 is 2.47 bits per heavy atom. The third-order valence-electron chi connectivity index (χ3n) is 5.27. The number of nitrogens with zero attached hydrogens (tertiary/aromatic N) is 1. The highest BCUT2D eigenvalue weighted by Crippen LogP contribution is 2.31. The normalized spacial score (nSPS) is 11.0. The Kier molecular flexibility index (Phi) is 6.85. The molecular weight excluding hydrogens is 431 g/mol. The van der Waals surface area contributed by atoms with E-state index in [0.29, 0.717) is 28.3 Å². The van der Waals surface area contributed by atoms with Crippen molar-refractivity contribution in [2.24, 2.45) is 0 Å². The quantitative estimate of drug-likeness (QED) is 0.271. The second-order valence-electron chi connectivity index (χ2n) is 7.43. The molecule has 0 bridgehead atoms. The first kappa shape index (κ1) is 22.6. The van der Waals surface area contributed by atoms with Gasteiger partial charge in [-0.15, -0.1) is 0 Å². The fourth-order valence-corrected chi connectivity index (χ4v) is 3.49. The Morgan fingerprint density at radius 2 is 1.74 bits per heavy atom. The maximum absolute atomic E-state index is 14.1. The van der Waals surface area contributed by atoms with E-state index in [-0.39, 0.29) is 18.0 Å². The number of fused-ring (bicyclic) bond motifs is 1. The Labute approximate surface area is 196 Å². The molecule has 0 aliphatic heterocycles. The summed E-state index contributed by atoms with van der Waals surface area (Å²) in [6, 6.07) is 26.4. The molecule has 0 saturated carbocycles. The molecule has 5 nitrogen and oxygen atoms in total. The first-order valence-electron chi connectivity index (χ1n) is 10.5. The molecule has 1 amide bonds. The zero-order valence-electron chi connectivity index (χ0n) is 18.4. The fourth-order valence-electron chi connectivity index (χ4n) is 3.49. The molecule has 4 rings (SSSR count). The first-order chi connectivity index (χ1) is 16.6. The smallest absolute Gasteiger partial charge is 0.266 e. The lowest BCUT2D eigenvalue weighted by Gasteiger charge is -2.13. The van der Waals surface area contributed by atoms with Crippen molar-refractivity contribution < 1.29 is 18.7 Å². The molecule has 1 N–H and O–H groups in total. The van der Waals surface area contributed by atoms with Crippen molar-refractivity contribution in [3.05, 3.63) is 107 Å². The van der Waals surface area contributed by atoms with E-state index in [9.17, 15) is 14.4 Å². The monoisotopic (exact) mass is 452 g/mol. The van der Waals surface area contributed by atoms with Gasteiger partial charge in [-0.2, -0.15) is 5.26 Å². The van der Waals surface area contributed by atoms with Crippen LogP contribution in [0.25, 0.3) is 16.8 Å². The molecule has 34 heavy (non-hydrogen) atoms. The maximum atomic E-state index is 14.1. The van der Waals surface area contributed by atoms with Crippen molar-refractivity contribution >= 4 is 28.4 Å². The van der Waals surface area contributed by atoms with Crippen LogP contribution in [0.15, 0.2) is 90.5 Å². The minimum absolute atomic E-state index is 0.00574. The standard InChI is InChI=1S/C28H21FN2O3/c1-33-23-13-11-22(12-14-23)31-28(32)21(17-30)16-25-24-8-4-2-6-19(24)10-15-27(25)34-18-20-7-3-5-9-26(20)29/h2-16H,18H2,1H3,(H,31,32)/b21-16+. The van der Waals surface area contributed by atoms with Crippen molar-refractivity contribution in [3.63, 3.8) is 0 Å². The third-order valence-corrected chi connectivity index (χ3v) is 5.27. The summed E-state index contributed by atoms with van der Waals surface area (Å²) < 4.78 is 25.1. The van der Waals surface area contributed by atoms with Crippen LogP contribution in [0.5, 0.6) is 11.5 Å². The third kappa shape index (κ3) is 5.05. The number of rotatable bonds is 7. The lowest BCUT2D eigenvalue weighted by atomic mass is 10.0. The van der Waals surface area contributed by atoms with Crippen LogP contribution in [0.1, 0.15) is 11.1 Å². The minimum Gasteiger partial charge on any atom is -0.497 e. The number of nitrogens with one attached hydrogen (secondary N) is 1. The van der Waals surface area contributed by atoms with Gasteiger partial charge in [0.1, 0.15) is 35.6 Å². The summed E-state index contributed by atoms with van der Waals surface area (Å²) >= 11 is 0.